The zero-order valence-electron chi connectivity index (χ0n) is 11.8. The average molecular weight is 283 g/mol. The van der Waals surface area contributed by atoms with Gasteiger partial charge in [0, 0.05) is 11.7 Å². The molecule has 0 saturated heterocycles. The summed E-state index contributed by atoms with van der Waals surface area (Å²) in [5, 5.41) is 2.94. The van der Waals surface area contributed by atoms with E-state index < -0.39 is 0 Å². The first-order valence-electron chi connectivity index (χ1n) is 7.51. The van der Waals surface area contributed by atoms with Crippen molar-refractivity contribution >= 4 is 18.5 Å². The molecule has 1 fully saturated rings. The Morgan fingerprint density at radius 2 is 1.25 bits per heavy atom. The van der Waals surface area contributed by atoms with Crippen molar-refractivity contribution < 1.29 is 0 Å². The van der Waals surface area contributed by atoms with Crippen LogP contribution in [0.15, 0.2) is 60.7 Å². The second kappa shape index (κ2) is 6.52. The fraction of sp³-hybridized carbons (Fsp3) is 0.333. The van der Waals surface area contributed by atoms with Gasteiger partial charge in [-0.1, -0.05) is 73.5 Å². The monoisotopic (exact) mass is 283 g/mol. The lowest BCUT2D eigenvalue weighted by atomic mass is 9.96. The Bertz CT molecular complexity index is 486. The van der Waals surface area contributed by atoms with Crippen LogP contribution in [-0.4, -0.2) is 11.7 Å². The van der Waals surface area contributed by atoms with E-state index >= 15 is 0 Å². The second-order valence-corrected chi connectivity index (χ2v) is 7.99. The summed E-state index contributed by atoms with van der Waals surface area (Å²) < 4.78 is 0. The SMILES string of the molecule is N[C@@H]1CCCC[C@H]1P(c1ccccc1)c1ccccc1. The zero-order valence-corrected chi connectivity index (χ0v) is 12.7. The van der Waals surface area contributed by atoms with E-state index in [1.165, 1.54) is 36.3 Å². The van der Waals surface area contributed by atoms with Gasteiger partial charge < -0.3 is 5.73 Å². The highest BCUT2D eigenvalue weighted by Crippen LogP contribution is 2.45. The van der Waals surface area contributed by atoms with Gasteiger partial charge >= 0.3 is 0 Å². The van der Waals surface area contributed by atoms with Crippen LogP contribution in [0.3, 0.4) is 0 Å². The molecule has 2 aromatic rings. The van der Waals surface area contributed by atoms with Crippen molar-refractivity contribution in [3.8, 4) is 0 Å². The Morgan fingerprint density at radius 1 is 0.750 bits per heavy atom. The van der Waals surface area contributed by atoms with Gasteiger partial charge in [-0.15, -0.1) is 0 Å². The molecule has 104 valence electrons. The van der Waals surface area contributed by atoms with Crippen molar-refractivity contribution in [2.75, 3.05) is 0 Å². The predicted molar refractivity (Wildman–Crippen MR) is 89.3 cm³/mol. The first kappa shape index (κ1) is 13.8. The molecule has 2 heteroatoms. The van der Waals surface area contributed by atoms with Gasteiger partial charge in [0.2, 0.25) is 0 Å². The van der Waals surface area contributed by atoms with Gasteiger partial charge in [-0.2, -0.15) is 0 Å². The number of hydrogen-bond acceptors (Lipinski definition) is 1. The Morgan fingerprint density at radius 3 is 1.75 bits per heavy atom. The first-order chi connectivity index (χ1) is 9.86. The van der Waals surface area contributed by atoms with Crippen LogP contribution in [0.25, 0.3) is 0 Å². The maximum Gasteiger partial charge on any atom is 0.0113 e. The molecule has 2 aromatic carbocycles. The quantitative estimate of drug-likeness (QED) is 0.859. The van der Waals surface area contributed by atoms with Crippen LogP contribution >= 0.6 is 7.92 Å². The number of hydrogen-bond donors (Lipinski definition) is 1. The highest BCUT2D eigenvalue weighted by Gasteiger charge is 2.31. The summed E-state index contributed by atoms with van der Waals surface area (Å²) in [5.74, 6) is 0. The molecule has 0 amide bonds. The molecule has 0 spiro atoms. The normalized spacial score (nSPS) is 22.9. The van der Waals surface area contributed by atoms with Crippen LogP contribution in [0.1, 0.15) is 25.7 Å². The second-order valence-electron chi connectivity index (χ2n) is 5.56. The molecule has 20 heavy (non-hydrogen) atoms. The first-order valence-corrected chi connectivity index (χ1v) is 8.92. The van der Waals surface area contributed by atoms with E-state index in [9.17, 15) is 0 Å². The van der Waals surface area contributed by atoms with Crippen LogP contribution < -0.4 is 16.3 Å². The van der Waals surface area contributed by atoms with Crippen LogP contribution in [0.4, 0.5) is 0 Å². The third kappa shape index (κ3) is 2.95. The lowest BCUT2D eigenvalue weighted by Crippen LogP contribution is -2.40. The number of benzene rings is 2. The van der Waals surface area contributed by atoms with Crippen molar-refractivity contribution in [3.05, 3.63) is 60.7 Å². The molecule has 0 radical (unpaired) electrons. The molecular weight excluding hydrogens is 261 g/mol. The summed E-state index contributed by atoms with van der Waals surface area (Å²) in [4.78, 5) is 0. The van der Waals surface area contributed by atoms with Crippen LogP contribution in [-0.2, 0) is 0 Å². The third-order valence-electron chi connectivity index (χ3n) is 4.18. The minimum Gasteiger partial charge on any atom is -0.327 e. The average Bonchev–Trinajstić information content (AvgIpc) is 2.52. The molecule has 0 unspecified atom stereocenters. The molecule has 1 saturated carbocycles. The summed E-state index contributed by atoms with van der Waals surface area (Å²) in [5.41, 5.74) is 7.10. The van der Waals surface area contributed by atoms with Gasteiger partial charge in [0.1, 0.15) is 0 Å². The van der Waals surface area contributed by atoms with Crippen molar-refractivity contribution in [2.45, 2.75) is 37.4 Å². The zero-order chi connectivity index (χ0) is 13.8. The lowest BCUT2D eigenvalue weighted by molar-refractivity contribution is 0.450. The van der Waals surface area contributed by atoms with Crippen LogP contribution in [0, 0.1) is 0 Å². The molecule has 2 N–H and O–H groups in total. The lowest BCUT2D eigenvalue weighted by Gasteiger charge is -2.36. The van der Waals surface area contributed by atoms with E-state index in [2.05, 4.69) is 60.7 Å². The fourth-order valence-corrected chi connectivity index (χ4v) is 6.19. The van der Waals surface area contributed by atoms with E-state index in [1.54, 1.807) is 0 Å². The Kier molecular flexibility index (Phi) is 4.50. The third-order valence-corrected chi connectivity index (χ3v) is 7.20. The standard InChI is InChI=1S/C18H22NP/c19-17-13-7-8-14-18(17)20(15-9-3-1-4-10-15)16-11-5-2-6-12-16/h1-6,9-12,17-18H,7-8,13-14,19H2/t17-,18-/m1/s1. The van der Waals surface area contributed by atoms with Gasteiger partial charge in [0.05, 0.1) is 0 Å². The molecular formula is C18H22NP. The Balaban J connectivity index is 1.99. The van der Waals surface area contributed by atoms with Gasteiger partial charge in [-0.25, -0.2) is 0 Å². The molecule has 0 heterocycles. The van der Waals surface area contributed by atoms with Crippen molar-refractivity contribution in [2.24, 2.45) is 5.73 Å². The highest BCUT2D eigenvalue weighted by molar-refractivity contribution is 7.73. The van der Waals surface area contributed by atoms with Crippen molar-refractivity contribution in [1.82, 2.24) is 0 Å². The Labute approximate surface area is 123 Å². The molecule has 2 atom stereocenters. The number of nitrogens with two attached hydrogens (primary N) is 1. The number of rotatable bonds is 3. The molecule has 1 aliphatic carbocycles. The van der Waals surface area contributed by atoms with Crippen molar-refractivity contribution in [1.29, 1.82) is 0 Å². The fourth-order valence-electron chi connectivity index (χ4n) is 3.17. The van der Waals surface area contributed by atoms with E-state index in [0.29, 0.717) is 11.7 Å². The maximum absolute atomic E-state index is 6.47. The maximum atomic E-state index is 6.47. The highest BCUT2D eigenvalue weighted by atomic mass is 31.1. The van der Waals surface area contributed by atoms with E-state index in [0.717, 1.165) is 0 Å². The van der Waals surface area contributed by atoms with Crippen LogP contribution in [0.2, 0.25) is 0 Å². The summed E-state index contributed by atoms with van der Waals surface area (Å²) in [6.07, 6.45) is 5.08. The summed E-state index contributed by atoms with van der Waals surface area (Å²) in [6.45, 7) is 0. The summed E-state index contributed by atoms with van der Waals surface area (Å²) in [7, 11) is -0.333. The van der Waals surface area contributed by atoms with Gasteiger partial charge in [-0.3, -0.25) is 0 Å². The van der Waals surface area contributed by atoms with Crippen molar-refractivity contribution in [3.63, 3.8) is 0 Å². The molecule has 0 aliphatic heterocycles. The molecule has 3 rings (SSSR count). The minimum absolute atomic E-state index is 0.333. The van der Waals surface area contributed by atoms with Gasteiger partial charge in [0.25, 0.3) is 0 Å². The summed E-state index contributed by atoms with van der Waals surface area (Å²) in [6, 6.07) is 22.3. The van der Waals surface area contributed by atoms with Gasteiger partial charge in [0.15, 0.2) is 0 Å². The van der Waals surface area contributed by atoms with Gasteiger partial charge in [-0.05, 0) is 31.4 Å². The largest absolute Gasteiger partial charge is 0.327 e. The topological polar surface area (TPSA) is 26.0 Å². The minimum atomic E-state index is -0.333. The van der Waals surface area contributed by atoms with E-state index in [4.69, 9.17) is 5.73 Å². The smallest absolute Gasteiger partial charge is 0.0113 e. The van der Waals surface area contributed by atoms with E-state index in [1.807, 2.05) is 0 Å². The van der Waals surface area contributed by atoms with Crippen LogP contribution in [0.5, 0.6) is 0 Å². The van der Waals surface area contributed by atoms with E-state index in [-0.39, 0.29) is 7.92 Å². The molecule has 1 nitrogen and oxygen atoms in total. The molecule has 0 bridgehead atoms. The Hall–Kier alpha value is -1.17. The molecule has 0 aromatic heterocycles. The molecule has 1 aliphatic rings. The summed E-state index contributed by atoms with van der Waals surface area (Å²) >= 11 is 0. The predicted octanol–water partition coefficient (Wildman–Crippen LogP) is 3.39.